The number of ether oxygens (including phenoxy) is 1. The van der Waals surface area contributed by atoms with E-state index in [4.69, 9.17) is 21.4 Å². The van der Waals surface area contributed by atoms with Crippen LogP contribution in [0.4, 0.5) is 0 Å². The summed E-state index contributed by atoms with van der Waals surface area (Å²) in [6, 6.07) is 7.19. The number of hydrogen-bond donors (Lipinski definition) is 1. The van der Waals surface area contributed by atoms with Gasteiger partial charge in [-0.15, -0.1) is 0 Å². The minimum Gasteiger partial charge on any atom is -0.481 e. The number of rotatable bonds is 4. The molecule has 0 amide bonds. The summed E-state index contributed by atoms with van der Waals surface area (Å²) in [6.45, 7) is 0. The zero-order chi connectivity index (χ0) is 15.7. The van der Waals surface area contributed by atoms with E-state index in [2.05, 4.69) is 4.99 Å². The van der Waals surface area contributed by atoms with Crippen molar-refractivity contribution in [2.75, 3.05) is 0 Å². The third kappa shape index (κ3) is 2.50. The van der Waals surface area contributed by atoms with Crippen LogP contribution in [-0.2, 0) is 19.9 Å². The van der Waals surface area contributed by atoms with Gasteiger partial charge >= 0.3 is 5.97 Å². The van der Waals surface area contributed by atoms with E-state index in [1.807, 2.05) is 18.2 Å². The standard InChI is InChI=1S/C16H16ClNO4/c17-11-5-2-1-4-10(11)16-9-3-6-12(15(16)21)22-13(18-16)7-8-14(19)20/h1-2,4-5,12H,3,6-9H2,(H,19,20). The molecule has 6 heteroatoms. The fourth-order valence-electron chi connectivity index (χ4n) is 3.14. The summed E-state index contributed by atoms with van der Waals surface area (Å²) in [7, 11) is 0. The van der Waals surface area contributed by atoms with Crippen LogP contribution in [0, 0.1) is 0 Å². The molecule has 0 aromatic heterocycles. The van der Waals surface area contributed by atoms with Gasteiger partial charge in [-0.25, -0.2) is 4.99 Å². The van der Waals surface area contributed by atoms with Gasteiger partial charge in [0.2, 0.25) is 5.78 Å². The molecule has 1 heterocycles. The van der Waals surface area contributed by atoms with Crippen molar-refractivity contribution in [1.29, 1.82) is 0 Å². The molecular formula is C16H16ClNO4. The lowest BCUT2D eigenvalue weighted by Crippen LogP contribution is -2.51. The van der Waals surface area contributed by atoms with E-state index in [-0.39, 0.29) is 18.6 Å². The number of Topliss-reactive ketones (excluding diaryl/α,β-unsaturated/α-hetero) is 1. The van der Waals surface area contributed by atoms with Crippen molar-refractivity contribution in [3.63, 3.8) is 0 Å². The molecule has 0 saturated heterocycles. The molecule has 3 rings (SSSR count). The molecule has 1 N–H and O–H groups in total. The zero-order valence-electron chi connectivity index (χ0n) is 11.9. The maximum atomic E-state index is 12.8. The van der Waals surface area contributed by atoms with Crippen LogP contribution in [0.1, 0.15) is 37.7 Å². The van der Waals surface area contributed by atoms with Crippen LogP contribution in [0.5, 0.6) is 0 Å². The summed E-state index contributed by atoms with van der Waals surface area (Å²) in [5.74, 6) is -0.655. The number of nitrogens with zero attached hydrogens (tertiary/aromatic N) is 1. The van der Waals surface area contributed by atoms with Gasteiger partial charge in [0.25, 0.3) is 0 Å². The monoisotopic (exact) mass is 321 g/mol. The van der Waals surface area contributed by atoms with Gasteiger partial charge in [-0.05, 0) is 25.3 Å². The molecule has 2 bridgehead atoms. The van der Waals surface area contributed by atoms with Crippen molar-refractivity contribution in [3.8, 4) is 0 Å². The molecule has 2 unspecified atom stereocenters. The van der Waals surface area contributed by atoms with Crippen LogP contribution >= 0.6 is 11.6 Å². The van der Waals surface area contributed by atoms with Gasteiger partial charge in [0.05, 0.1) is 6.42 Å². The maximum Gasteiger partial charge on any atom is 0.303 e. The lowest BCUT2D eigenvalue weighted by molar-refractivity contribution is -0.137. The van der Waals surface area contributed by atoms with Crippen LogP contribution in [0.2, 0.25) is 5.02 Å². The molecule has 2 atom stereocenters. The first-order valence-corrected chi connectivity index (χ1v) is 7.67. The molecule has 0 spiro atoms. The van der Waals surface area contributed by atoms with Gasteiger partial charge in [-0.3, -0.25) is 9.59 Å². The van der Waals surface area contributed by atoms with Crippen LogP contribution in [0.15, 0.2) is 29.3 Å². The molecule has 1 aromatic rings. The highest BCUT2D eigenvalue weighted by molar-refractivity contribution is 6.32. The molecule has 22 heavy (non-hydrogen) atoms. The summed E-state index contributed by atoms with van der Waals surface area (Å²) < 4.78 is 5.60. The van der Waals surface area contributed by atoms with Gasteiger partial charge in [0.15, 0.2) is 17.5 Å². The van der Waals surface area contributed by atoms with Crippen LogP contribution in [0.25, 0.3) is 0 Å². The lowest BCUT2D eigenvalue weighted by Gasteiger charge is -2.41. The molecule has 1 saturated carbocycles. The van der Waals surface area contributed by atoms with Gasteiger partial charge in [0, 0.05) is 17.0 Å². The second-order valence-corrected chi connectivity index (χ2v) is 6.01. The Morgan fingerprint density at radius 3 is 2.95 bits per heavy atom. The first-order valence-electron chi connectivity index (χ1n) is 7.29. The molecule has 1 aliphatic heterocycles. The molecule has 1 aliphatic carbocycles. The molecule has 5 nitrogen and oxygen atoms in total. The number of carbonyl (C=O) groups excluding carboxylic acids is 1. The van der Waals surface area contributed by atoms with Gasteiger partial charge < -0.3 is 9.84 Å². The number of carbonyl (C=O) groups is 2. The van der Waals surface area contributed by atoms with Crippen molar-refractivity contribution in [1.82, 2.24) is 0 Å². The largest absolute Gasteiger partial charge is 0.481 e. The van der Waals surface area contributed by atoms with Crippen molar-refractivity contribution >= 4 is 29.3 Å². The minimum absolute atomic E-state index is 0.0711. The van der Waals surface area contributed by atoms with Crippen molar-refractivity contribution in [3.05, 3.63) is 34.9 Å². The Balaban J connectivity index is 2.04. The van der Waals surface area contributed by atoms with E-state index in [9.17, 15) is 9.59 Å². The zero-order valence-corrected chi connectivity index (χ0v) is 12.7. The highest BCUT2D eigenvalue weighted by Crippen LogP contribution is 2.44. The van der Waals surface area contributed by atoms with Crippen molar-refractivity contribution in [2.45, 2.75) is 43.7 Å². The summed E-state index contributed by atoms with van der Waals surface area (Å²) in [6.07, 6.45) is 1.59. The van der Waals surface area contributed by atoms with E-state index in [0.29, 0.717) is 29.3 Å². The van der Waals surface area contributed by atoms with Gasteiger partial charge in [-0.2, -0.15) is 0 Å². The average Bonchev–Trinajstić information content (AvgIpc) is 2.46. The van der Waals surface area contributed by atoms with E-state index >= 15 is 0 Å². The highest BCUT2D eigenvalue weighted by Gasteiger charge is 2.51. The Morgan fingerprint density at radius 1 is 1.45 bits per heavy atom. The number of halogens is 1. The maximum absolute atomic E-state index is 12.8. The second-order valence-electron chi connectivity index (χ2n) is 5.60. The lowest BCUT2D eigenvalue weighted by atomic mass is 9.74. The normalized spacial score (nSPS) is 27.0. The highest BCUT2D eigenvalue weighted by atomic mass is 35.5. The summed E-state index contributed by atoms with van der Waals surface area (Å²) in [5, 5.41) is 9.33. The molecular weight excluding hydrogens is 306 g/mol. The quantitative estimate of drug-likeness (QED) is 0.925. The Kier molecular flexibility index (Phi) is 3.91. The average molecular weight is 322 g/mol. The van der Waals surface area contributed by atoms with E-state index in [1.165, 1.54) is 0 Å². The molecule has 2 aliphatic rings. The Labute approximate surface area is 132 Å². The smallest absolute Gasteiger partial charge is 0.303 e. The van der Waals surface area contributed by atoms with Crippen molar-refractivity contribution < 1.29 is 19.4 Å². The van der Waals surface area contributed by atoms with Gasteiger partial charge in [0.1, 0.15) is 0 Å². The Morgan fingerprint density at radius 2 is 2.23 bits per heavy atom. The van der Waals surface area contributed by atoms with Crippen molar-refractivity contribution in [2.24, 2.45) is 4.99 Å². The number of ketones is 1. The number of benzene rings is 1. The van der Waals surface area contributed by atoms with E-state index in [0.717, 1.165) is 6.42 Å². The molecule has 116 valence electrons. The molecule has 0 radical (unpaired) electrons. The van der Waals surface area contributed by atoms with Gasteiger partial charge in [-0.1, -0.05) is 29.8 Å². The number of fused-ring (bicyclic) bond motifs is 2. The Bertz CT molecular complexity index is 657. The summed E-state index contributed by atoms with van der Waals surface area (Å²) >= 11 is 6.28. The fourth-order valence-corrected chi connectivity index (χ4v) is 3.44. The first-order chi connectivity index (χ1) is 10.5. The number of aliphatic imine (C=N–C) groups is 1. The summed E-state index contributed by atoms with van der Waals surface area (Å²) in [4.78, 5) is 28.0. The second kappa shape index (κ2) is 5.72. The number of hydrogen-bond acceptors (Lipinski definition) is 4. The Hall–Kier alpha value is -1.88. The SMILES string of the molecule is O=C(O)CCC1=NC2(c3ccccc3Cl)CCCC(O1)C2=O. The van der Waals surface area contributed by atoms with E-state index in [1.54, 1.807) is 6.07 Å². The van der Waals surface area contributed by atoms with Crippen LogP contribution in [0.3, 0.4) is 0 Å². The first kappa shape index (κ1) is 15.0. The number of carboxylic acids is 1. The predicted octanol–water partition coefficient (Wildman–Crippen LogP) is 2.95. The third-order valence-corrected chi connectivity index (χ3v) is 4.50. The topological polar surface area (TPSA) is 76.0 Å². The summed E-state index contributed by atoms with van der Waals surface area (Å²) in [5.41, 5.74) is -0.338. The van der Waals surface area contributed by atoms with E-state index < -0.39 is 17.6 Å². The minimum atomic E-state index is -1.02. The number of carboxylic acid groups (broad SMARTS) is 1. The molecule has 1 fully saturated rings. The van der Waals surface area contributed by atoms with Crippen LogP contribution < -0.4 is 0 Å². The third-order valence-electron chi connectivity index (χ3n) is 4.17. The molecule has 1 aromatic carbocycles. The fraction of sp³-hybridized carbons (Fsp3) is 0.438. The van der Waals surface area contributed by atoms with Crippen LogP contribution in [-0.4, -0.2) is 28.9 Å². The number of aliphatic carboxylic acids is 1. The predicted molar refractivity (Wildman–Crippen MR) is 81.2 cm³/mol.